The third kappa shape index (κ3) is 4.46. The Hall–Kier alpha value is -1.55. The van der Waals surface area contributed by atoms with Gasteiger partial charge in [-0.1, -0.05) is 32.9 Å². The van der Waals surface area contributed by atoms with Crippen molar-refractivity contribution in [3.8, 4) is 5.75 Å². The minimum absolute atomic E-state index is 0.0307. The Bertz CT molecular complexity index is 480. The molecule has 0 aliphatic rings. The molecule has 118 valence electrons. The number of hydrogen-bond donors (Lipinski definition) is 2. The lowest BCUT2D eigenvalue weighted by Crippen LogP contribution is -2.20. The maximum Gasteiger partial charge on any atom is 0.306 e. The number of ether oxygens (including phenoxy) is 1. The van der Waals surface area contributed by atoms with E-state index in [4.69, 9.17) is 9.84 Å². The van der Waals surface area contributed by atoms with Crippen molar-refractivity contribution in [2.24, 2.45) is 5.92 Å². The van der Waals surface area contributed by atoms with E-state index in [2.05, 4.69) is 20.8 Å². The van der Waals surface area contributed by atoms with Crippen LogP contribution in [0.2, 0.25) is 0 Å². The highest BCUT2D eigenvalue weighted by molar-refractivity contribution is 5.70. The summed E-state index contributed by atoms with van der Waals surface area (Å²) in [5, 5.41) is 18.2. The zero-order valence-electron chi connectivity index (χ0n) is 13.3. The summed E-state index contributed by atoms with van der Waals surface area (Å²) in [5.41, 5.74) is 2.03. The van der Waals surface area contributed by atoms with Gasteiger partial charge in [-0.3, -0.25) is 4.79 Å². The van der Waals surface area contributed by atoms with Crippen molar-refractivity contribution in [2.75, 3.05) is 13.7 Å². The van der Waals surface area contributed by atoms with Crippen molar-refractivity contribution in [1.82, 2.24) is 0 Å². The molecule has 0 radical (unpaired) electrons. The maximum absolute atomic E-state index is 11.2. The average molecular weight is 294 g/mol. The molecule has 1 atom stereocenters. The van der Waals surface area contributed by atoms with Crippen molar-refractivity contribution in [2.45, 2.75) is 45.4 Å². The average Bonchev–Trinajstić information content (AvgIpc) is 2.46. The van der Waals surface area contributed by atoms with Crippen LogP contribution in [0, 0.1) is 5.92 Å². The number of rotatable bonds is 8. The Morgan fingerprint density at radius 3 is 2.52 bits per heavy atom. The van der Waals surface area contributed by atoms with E-state index in [0.29, 0.717) is 6.42 Å². The topological polar surface area (TPSA) is 66.8 Å². The van der Waals surface area contributed by atoms with Crippen molar-refractivity contribution in [3.63, 3.8) is 0 Å². The Morgan fingerprint density at radius 2 is 2.05 bits per heavy atom. The lowest BCUT2D eigenvalue weighted by atomic mass is 9.80. The van der Waals surface area contributed by atoms with Gasteiger partial charge in [-0.05, 0) is 41.9 Å². The molecule has 4 nitrogen and oxygen atoms in total. The van der Waals surface area contributed by atoms with Crippen LogP contribution in [-0.4, -0.2) is 29.9 Å². The monoisotopic (exact) mass is 294 g/mol. The van der Waals surface area contributed by atoms with E-state index in [0.717, 1.165) is 23.3 Å². The first-order valence-electron chi connectivity index (χ1n) is 7.36. The van der Waals surface area contributed by atoms with Crippen LogP contribution in [0.1, 0.15) is 44.7 Å². The van der Waals surface area contributed by atoms with Crippen LogP contribution in [0.15, 0.2) is 18.2 Å². The number of methoxy groups -OCH3 is 1. The SMILES string of the molecule is CCC(C)(C)c1cc(CC(CCO)C(=O)O)ccc1OC. The predicted octanol–water partition coefficient (Wildman–Crippen LogP) is 3.01. The fourth-order valence-electron chi connectivity index (χ4n) is 2.35. The second-order valence-electron chi connectivity index (χ2n) is 6.02. The van der Waals surface area contributed by atoms with Gasteiger partial charge in [-0.2, -0.15) is 0 Å². The van der Waals surface area contributed by atoms with Crippen LogP contribution in [0.4, 0.5) is 0 Å². The molecule has 0 saturated heterocycles. The first kappa shape index (κ1) is 17.5. The summed E-state index contributed by atoms with van der Waals surface area (Å²) in [6.45, 7) is 6.31. The molecule has 1 aromatic rings. The molecule has 1 rings (SSSR count). The quantitative estimate of drug-likeness (QED) is 0.773. The molecule has 2 N–H and O–H groups in total. The van der Waals surface area contributed by atoms with E-state index >= 15 is 0 Å². The number of carboxylic acids is 1. The van der Waals surface area contributed by atoms with Crippen LogP contribution in [-0.2, 0) is 16.6 Å². The van der Waals surface area contributed by atoms with E-state index < -0.39 is 11.9 Å². The largest absolute Gasteiger partial charge is 0.496 e. The summed E-state index contributed by atoms with van der Waals surface area (Å²) in [5.74, 6) is -0.586. The smallest absolute Gasteiger partial charge is 0.306 e. The van der Waals surface area contributed by atoms with Gasteiger partial charge < -0.3 is 14.9 Å². The van der Waals surface area contributed by atoms with Gasteiger partial charge in [0.2, 0.25) is 0 Å². The lowest BCUT2D eigenvalue weighted by molar-refractivity contribution is -0.142. The number of carbonyl (C=O) groups is 1. The first-order chi connectivity index (χ1) is 9.85. The highest BCUT2D eigenvalue weighted by Crippen LogP contribution is 2.35. The maximum atomic E-state index is 11.2. The number of aliphatic carboxylic acids is 1. The number of carboxylic acid groups (broad SMARTS) is 1. The summed E-state index contributed by atoms with van der Waals surface area (Å²) in [7, 11) is 1.65. The molecule has 0 saturated carbocycles. The molecule has 1 aromatic carbocycles. The van der Waals surface area contributed by atoms with Crippen molar-refractivity contribution in [1.29, 1.82) is 0 Å². The molecular formula is C17H26O4. The fraction of sp³-hybridized carbons (Fsp3) is 0.588. The number of hydrogen-bond acceptors (Lipinski definition) is 3. The Labute approximate surface area is 126 Å². The molecule has 4 heteroatoms. The standard InChI is InChI=1S/C17H26O4/c1-5-17(2,3)14-11-12(6-7-15(14)21-4)10-13(8-9-18)16(19)20/h6-7,11,13,18H,5,8-10H2,1-4H3,(H,19,20). The van der Waals surface area contributed by atoms with E-state index in [-0.39, 0.29) is 18.4 Å². The summed E-state index contributed by atoms with van der Waals surface area (Å²) in [4.78, 5) is 11.2. The van der Waals surface area contributed by atoms with E-state index in [1.165, 1.54) is 0 Å². The number of aliphatic hydroxyl groups is 1. The van der Waals surface area contributed by atoms with E-state index in [9.17, 15) is 9.90 Å². The summed E-state index contributed by atoms with van der Waals surface area (Å²) >= 11 is 0. The molecule has 0 bridgehead atoms. The van der Waals surface area contributed by atoms with Crippen molar-refractivity contribution < 1.29 is 19.7 Å². The number of benzene rings is 1. The van der Waals surface area contributed by atoms with Gasteiger partial charge in [0.15, 0.2) is 0 Å². The summed E-state index contributed by atoms with van der Waals surface area (Å²) in [6.07, 6.45) is 1.66. The van der Waals surface area contributed by atoms with Crippen molar-refractivity contribution in [3.05, 3.63) is 29.3 Å². The van der Waals surface area contributed by atoms with Gasteiger partial charge >= 0.3 is 5.97 Å². The van der Waals surface area contributed by atoms with Crippen LogP contribution in [0.5, 0.6) is 5.75 Å². The molecule has 0 amide bonds. The van der Waals surface area contributed by atoms with Gasteiger partial charge in [-0.15, -0.1) is 0 Å². The minimum atomic E-state index is -0.865. The second kappa shape index (κ2) is 7.46. The Morgan fingerprint density at radius 1 is 1.38 bits per heavy atom. The molecule has 0 fully saturated rings. The Balaban J connectivity index is 3.10. The lowest BCUT2D eigenvalue weighted by Gasteiger charge is -2.26. The zero-order chi connectivity index (χ0) is 16.0. The van der Waals surface area contributed by atoms with Crippen LogP contribution in [0.3, 0.4) is 0 Å². The van der Waals surface area contributed by atoms with E-state index in [1.807, 2.05) is 18.2 Å². The minimum Gasteiger partial charge on any atom is -0.496 e. The third-order valence-electron chi connectivity index (χ3n) is 4.19. The highest BCUT2D eigenvalue weighted by Gasteiger charge is 2.24. The van der Waals surface area contributed by atoms with E-state index in [1.54, 1.807) is 7.11 Å². The van der Waals surface area contributed by atoms with Crippen molar-refractivity contribution >= 4 is 5.97 Å². The predicted molar refractivity (Wildman–Crippen MR) is 82.8 cm³/mol. The number of aliphatic hydroxyl groups excluding tert-OH is 1. The Kier molecular flexibility index (Phi) is 6.21. The van der Waals surface area contributed by atoms with Gasteiger partial charge in [0, 0.05) is 6.61 Å². The summed E-state index contributed by atoms with van der Waals surface area (Å²) in [6, 6.07) is 5.84. The van der Waals surface area contributed by atoms with Gasteiger partial charge in [0.25, 0.3) is 0 Å². The molecule has 0 aliphatic heterocycles. The molecule has 0 heterocycles. The zero-order valence-corrected chi connectivity index (χ0v) is 13.3. The van der Waals surface area contributed by atoms with Crippen LogP contribution in [0.25, 0.3) is 0 Å². The summed E-state index contributed by atoms with van der Waals surface area (Å²) < 4.78 is 5.43. The molecular weight excluding hydrogens is 268 g/mol. The third-order valence-corrected chi connectivity index (χ3v) is 4.19. The molecule has 0 spiro atoms. The van der Waals surface area contributed by atoms with Crippen LogP contribution >= 0.6 is 0 Å². The molecule has 0 aliphatic carbocycles. The van der Waals surface area contributed by atoms with Crippen LogP contribution < -0.4 is 4.74 Å². The molecule has 21 heavy (non-hydrogen) atoms. The fourth-order valence-corrected chi connectivity index (χ4v) is 2.35. The second-order valence-corrected chi connectivity index (χ2v) is 6.02. The van der Waals surface area contributed by atoms with Gasteiger partial charge in [0.05, 0.1) is 13.0 Å². The highest BCUT2D eigenvalue weighted by atomic mass is 16.5. The van der Waals surface area contributed by atoms with Gasteiger partial charge in [0.1, 0.15) is 5.75 Å². The molecule has 1 unspecified atom stereocenters. The normalized spacial score (nSPS) is 13.0. The first-order valence-corrected chi connectivity index (χ1v) is 7.36. The molecule has 0 aromatic heterocycles. The van der Waals surface area contributed by atoms with Gasteiger partial charge in [-0.25, -0.2) is 0 Å².